The van der Waals surface area contributed by atoms with Crippen molar-refractivity contribution in [3.8, 4) is 0 Å². The molecule has 106 valence electrons. The second-order valence-electron chi connectivity index (χ2n) is 5.22. The first-order valence-corrected chi connectivity index (χ1v) is 7.78. The van der Waals surface area contributed by atoms with Crippen LogP contribution in [0.4, 0.5) is 5.13 Å². The third kappa shape index (κ3) is 2.50. The molecule has 1 aliphatic carbocycles. The topological polar surface area (TPSA) is 55.1 Å². The molecule has 1 fully saturated rings. The van der Waals surface area contributed by atoms with E-state index in [9.17, 15) is 4.79 Å². The van der Waals surface area contributed by atoms with E-state index in [1.54, 1.807) is 0 Å². The summed E-state index contributed by atoms with van der Waals surface area (Å²) in [5.41, 5.74) is 1.67. The Labute approximate surface area is 122 Å². The highest BCUT2D eigenvalue weighted by Gasteiger charge is 2.29. The fourth-order valence-electron chi connectivity index (χ4n) is 2.27. The molecular formula is C15H18N2O2S. The van der Waals surface area contributed by atoms with E-state index in [2.05, 4.69) is 17.2 Å². The molecule has 0 aromatic carbocycles. The van der Waals surface area contributed by atoms with Crippen molar-refractivity contribution in [2.24, 2.45) is 0 Å². The lowest BCUT2D eigenvalue weighted by Gasteiger charge is -1.99. The van der Waals surface area contributed by atoms with E-state index in [4.69, 9.17) is 4.42 Å². The number of amides is 1. The molecule has 20 heavy (non-hydrogen) atoms. The molecule has 2 heterocycles. The largest absolute Gasteiger partial charge is 0.465 e. The van der Waals surface area contributed by atoms with Gasteiger partial charge in [-0.05, 0) is 39.2 Å². The van der Waals surface area contributed by atoms with Crippen LogP contribution >= 0.6 is 11.3 Å². The number of hydrogen-bond acceptors (Lipinski definition) is 4. The van der Waals surface area contributed by atoms with Gasteiger partial charge in [0.25, 0.3) is 5.91 Å². The SMILES string of the molecule is CCc1nc(NC(=O)c2cc(C3CC3)oc2C)sc1C. The minimum Gasteiger partial charge on any atom is -0.465 e. The van der Waals surface area contributed by atoms with Crippen LogP contribution in [0, 0.1) is 13.8 Å². The summed E-state index contributed by atoms with van der Waals surface area (Å²) in [7, 11) is 0. The zero-order chi connectivity index (χ0) is 14.3. The Balaban J connectivity index is 1.78. The molecular weight excluding hydrogens is 272 g/mol. The standard InChI is InChI=1S/C15H18N2O2S/c1-4-12-9(3)20-15(16-12)17-14(18)11-7-13(10-5-6-10)19-8(11)2/h7,10H,4-6H2,1-3H3,(H,16,17,18). The minimum atomic E-state index is -0.130. The highest BCUT2D eigenvalue weighted by Crippen LogP contribution is 2.41. The Hall–Kier alpha value is -1.62. The Morgan fingerprint density at radius 2 is 2.25 bits per heavy atom. The van der Waals surface area contributed by atoms with Crippen LogP contribution in [0.3, 0.4) is 0 Å². The minimum absolute atomic E-state index is 0.130. The first-order valence-electron chi connectivity index (χ1n) is 6.96. The molecule has 2 aromatic rings. The monoisotopic (exact) mass is 290 g/mol. The fourth-order valence-corrected chi connectivity index (χ4v) is 3.17. The number of nitrogens with one attached hydrogen (secondary N) is 1. The lowest BCUT2D eigenvalue weighted by atomic mass is 10.2. The van der Waals surface area contributed by atoms with Gasteiger partial charge in [-0.3, -0.25) is 10.1 Å². The summed E-state index contributed by atoms with van der Waals surface area (Å²) < 4.78 is 5.67. The van der Waals surface area contributed by atoms with Crippen molar-refractivity contribution in [2.75, 3.05) is 5.32 Å². The Morgan fingerprint density at radius 3 is 2.85 bits per heavy atom. The second-order valence-corrected chi connectivity index (χ2v) is 6.43. The Morgan fingerprint density at radius 1 is 1.50 bits per heavy atom. The average molecular weight is 290 g/mol. The number of nitrogens with zero attached hydrogens (tertiary/aromatic N) is 1. The molecule has 1 aliphatic rings. The average Bonchev–Trinajstić information content (AvgIpc) is 3.10. The molecule has 0 unspecified atom stereocenters. The smallest absolute Gasteiger partial charge is 0.260 e. The third-order valence-electron chi connectivity index (χ3n) is 3.61. The van der Waals surface area contributed by atoms with E-state index in [0.29, 0.717) is 22.4 Å². The van der Waals surface area contributed by atoms with Gasteiger partial charge in [-0.1, -0.05) is 6.92 Å². The zero-order valence-electron chi connectivity index (χ0n) is 11.9. The van der Waals surface area contributed by atoms with E-state index in [-0.39, 0.29) is 5.91 Å². The normalized spacial score (nSPS) is 14.6. The summed E-state index contributed by atoms with van der Waals surface area (Å²) in [5, 5.41) is 3.54. The van der Waals surface area contributed by atoms with Crippen LogP contribution in [0.5, 0.6) is 0 Å². The van der Waals surface area contributed by atoms with E-state index in [0.717, 1.165) is 22.8 Å². The summed E-state index contributed by atoms with van der Waals surface area (Å²) in [6.45, 7) is 5.93. The molecule has 0 spiro atoms. The van der Waals surface area contributed by atoms with Gasteiger partial charge in [0.1, 0.15) is 11.5 Å². The third-order valence-corrected chi connectivity index (χ3v) is 4.54. The van der Waals surface area contributed by atoms with Gasteiger partial charge in [0.05, 0.1) is 11.3 Å². The first-order chi connectivity index (χ1) is 9.58. The number of furan rings is 1. The summed E-state index contributed by atoms with van der Waals surface area (Å²) >= 11 is 1.52. The molecule has 2 aromatic heterocycles. The number of rotatable bonds is 4. The van der Waals surface area contributed by atoms with Gasteiger partial charge >= 0.3 is 0 Å². The molecule has 0 bridgehead atoms. The number of thiazole rings is 1. The van der Waals surface area contributed by atoms with Crippen molar-refractivity contribution in [1.82, 2.24) is 4.98 Å². The highest BCUT2D eigenvalue weighted by atomic mass is 32.1. The molecule has 0 saturated heterocycles. The van der Waals surface area contributed by atoms with Gasteiger partial charge in [-0.2, -0.15) is 0 Å². The maximum absolute atomic E-state index is 12.3. The summed E-state index contributed by atoms with van der Waals surface area (Å²) in [4.78, 5) is 17.9. The quantitative estimate of drug-likeness (QED) is 0.924. The van der Waals surface area contributed by atoms with Crippen LogP contribution in [-0.2, 0) is 6.42 Å². The first kappa shape index (κ1) is 13.4. The number of carbonyl (C=O) groups excluding carboxylic acids is 1. The molecule has 1 amide bonds. The Kier molecular flexibility index (Phi) is 3.38. The van der Waals surface area contributed by atoms with E-state index in [1.165, 1.54) is 24.2 Å². The molecule has 0 atom stereocenters. The van der Waals surface area contributed by atoms with Crippen LogP contribution in [0.15, 0.2) is 10.5 Å². The van der Waals surface area contributed by atoms with E-state index >= 15 is 0 Å². The van der Waals surface area contributed by atoms with Crippen molar-refractivity contribution >= 4 is 22.4 Å². The predicted octanol–water partition coefficient (Wildman–Crippen LogP) is 4.05. The molecule has 1 saturated carbocycles. The summed E-state index contributed by atoms with van der Waals surface area (Å²) in [5.74, 6) is 2.02. The number of aryl methyl sites for hydroxylation is 3. The van der Waals surface area contributed by atoms with Crippen molar-refractivity contribution in [1.29, 1.82) is 0 Å². The van der Waals surface area contributed by atoms with Crippen LogP contribution in [0.1, 0.15) is 58.1 Å². The fraction of sp³-hybridized carbons (Fsp3) is 0.467. The van der Waals surface area contributed by atoms with Gasteiger partial charge in [0, 0.05) is 10.8 Å². The van der Waals surface area contributed by atoms with Gasteiger partial charge in [-0.15, -0.1) is 11.3 Å². The molecule has 0 aliphatic heterocycles. The molecule has 4 nitrogen and oxygen atoms in total. The molecule has 1 N–H and O–H groups in total. The number of aromatic nitrogens is 1. The summed E-state index contributed by atoms with van der Waals surface area (Å²) in [6, 6.07) is 1.88. The predicted molar refractivity (Wildman–Crippen MR) is 79.6 cm³/mol. The van der Waals surface area contributed by atoms with Gasteiger partial charge in [-0.25, -0.2) is 4.98 Å². The van der Waals surface area contributed by atoms with Crippen molar-refractivity contribution in [2.45, 2.75) is 46.0 Å². The van der Waals surface area contributed by atoms with Gasteiger partial charge in [0.15, 0.2) is 5.13 Å². The molecule has 5 heteroatoms. The van der Waals surface area contributed by atoms with Crippen LogP contribution < -0.4 is 5.32 Å². The van der Waals surface area contributed by atoms with E-state index < -0.39 is 0 Å². The van der Waals surface area contributed by atoms with Crippen molar-refractivity contribution in [3.05, 3.63) is 33.7 Å². The number of hydrogen-bond donors (Lipinski definition) is 1. The maximum Gasteiger partial charge on any atom is 0.260 e. The summed E-state index contributed by atoms with van der Waals surface area (Å²) in [6.07, 6.45) is 3.22. The molecule has 3 rings (SSSR count). The van der Waals surface area contributed by atoms with E-state index in [1.807, 2.05) is 19.9 Å². The van der Waals surface area contributed by atoms with Crippen LogP contribution in [0.2, 0.25) is 0 Å². The van der Waals surface area contributed by atoms with Crippen molar-refractivity contribution in [3.63, 3.8) is 0 Å². The highest BCUT2D eigenvalue weighted by molar-refractivity contribution is 7.15. The van der Waals surface area contributed by atoms with Crippen LogP contribution in [-0.4, -0.2) is 10.9 Å². The Bertz CT molecular complexity index is 653. The maximum atomic E-state index is 12.3. The van der Waals surface area contributed by atoms with Gasteiger partial charge in [0.2, 0.25) is 0 Å². The zero-order valence-corrected chi connectivity index (χ0v) is 12.8. The number of anilines is 1. The van der Waals surface area contributed by atoms with Crippen molar-refractivity contribution < 1.29 is 9.21 Å². The lowest BCUT2D eigenvalue weighted by molar-refractivity contribution is 0.102. The van der Waals surface area contributed by atoms with Gasteiger partial charge < -0.3 is 4.42 Å². The van der Waals surface area contributed by atoms with Crippen LogP contribution in [0.25, 0.3) is 0 Å². The number of carbonyl (C=O) groups is 1. The molecule has 0 radical (unpaired) electrons. The second kappa shape index (κ2) is 5.05. The lowest BCUT2D eigenvalue weighted by Crippen LogP contribution is -2.11.